The minimum atomic E-state index is -2.07. The van der Waals surface area contributed by atoms with Crippen LogP contribution < -0.4 is 108 Å². The maximum Gasteiger partial charge on any atom is 0.317 e. The van der Waals surface area contributed by atoms with Gasteiger partial charge in [-0.15, -0.1) is 0 Å². The number of guanidine groups is 1. The van der Waals surface area contributed by atoms with Crippen LogP contribution >= 0.6 is 0 Å². The monoisotopic (exact) mass is 2090 g/mol. The molecule has 149 heavy (non-hydrogen) atoms. The molecular formula is C100H154N24O25. The molecule has 17 amide bonds. The van der Waals surface area contributed by atoms with E-state index in [0.717, 1.165) is 49.0 Å². The van der Waals surface area contributed by atoms with Crippen molar-refractivity contribution < 1.29 is 121 Å². The number of phenolic OH excluding ortho intramolecular Hbond substituents is 1. The van der Waals surface area contributed by atoms with E-state index in [2.05, 4.69) is 84.7 Å². The van der Waals surface area contributed by atoms with Crippen LogP contribution in [0.15, 0.2) is 79.0 Å². The van der Waals surface area contributed by atoms with E-state index in [1.807, 2.05) is 0 Å². The van der Waals surface area contributed by atoms with Crippen molar-refractivity contribution in [3.63, 3.8) is 0 Å². The molecule has 0 saturated carbocycles. The highest BCUT2D eigenvalue weighted by molar-refractivity contribution is 6.01. The predicted octanol–water partition coefficient (Wildman–Crippen LogP) is -2.90. The number of primary amides is 2. The number of rotatable bonds is 63. The number of carboxylic acids is 2. The first-order chi connectivity index (χ1) is 71.3. The zero-order chi connectivity index (χ0) is 109. The predicted molar refractivity (Wildman–Crippen MR) is 546 cm³/mol. The average Bonchev–Trinajstić information content (AvgIpc) is 1.74. The Morgan fingerprint density at radius 3 is 1.86 bits per heavy atom. The molecule has 0 spiro atoms. The molecule has 2 aliphatic heterocycles. The van der Waals surface area contributed by atoms with Crippen molar-refractivity contribution in [2.45, 2.75) is 279 Å². The number of amides is 17. The minimum Gasteiger partial charge on any atom is -0.508 e. The lowest BCUT2D eigenvalue weighted by Gasteiger charge is -2.31. The van der Waals surface area contributed by atoms with Crippen molar-refractivity contribution in [2.75, 3.05) is 105 Å². The maximum atomic E-state index is 15.4. The summed E-state index contributed by atoms with van der Waals surface area (Å²) in [5.74, 6) is -21.0. The first-order valence-corrected chi connectivity index (χ1v) is 51.1. The molecule has 4 aromatic rings. The number of H-pyrrole nitrogens is 1. The van der Waals surface area contributed by atoms with E-state index in [-0.39, 0.29) is 127 Å². The minimum absolute atomic E-state index is 0.0138. The molecule has 3 heterocycles. The van der Waals surface area contributed by atoms with Crippen molar-refractivity contribution in [1.82, 2.24) is 94.5 Å². The Morgan fingerprint density at radius 1 is 0.570 bits per heavy atom. The third-order valence-electron chi connectivity index (χ3n) is 25.2. The summed E-state index contributed by atoms with van der Waals surface area (Å²) in [4.78, 5) is 270. The van der Waals surface area contributed by atoms with Crippen molar-refractivity contribution in [3.05, 3.63) is 101 Å². The molecule has 49 nitrogen and oxygen atoms in total. The Balaban J connectivity index is 1.17. The number of aryl methyl sites for hydroxylation is 1. The lowest BCUT2D eigenvalue weighted by Crippen LogP contribution is -2.62. The number of hydrogen-bond acceptors (Lipinski definition) is 27. The third kappa shape index (κ3) is 48.2. The number of nitrogens with one attached hydrogen (secondary N) is 17. The Labute approximate surface area is 865 Å². The second-order valence-electron chi connectivity index (χ2n) is 37.4. The number of aliphatic hydroxyl groups excluding tert-OH is 1. The van der Waals surface area contributed by atoms with E-state index >= 15 is 24.0 Å². The van der Waals surface area contributed by atoms with Gasteiger partial charge in [-0.25, -0.2) is 0 Å². The van der Waals surface area contributed by atoms with E-state index in [0.29, 0.717) is 46.3 Å². The first-order valence-electron chi connectivity index (χ1n) is 51.1. The number of aliphatic hydroxyl groups is 1. The fourth-order valence-corrected chi connectivity index (χ4v) is 17.1. The number of benzene rings is 3. The van der Waals surface area contributed by atoms with Gasteiger partial charge in [0.15, 0.2) is 5.96 Å². The first kappa shape index (κ1) is 124. The fraction of sp³-hybridized carbons (Fsp3) is 0.600. The number of aromatic nitrogens is 1. The molecule has 31 N–H and O–H groups in total. The lowest BCUT2D eigenvalue weighted by atomic mass is 9.86. The number of aliphatic carboxylic acids is 2. The van der Waals surface area contributed by atoms with Gasteiger partial charge >= 0.3 is 11.9 Å². The molecular weight excluding hydrogens is 1940 g/mol. The third-order valence-corrected chi connectivity index (χ3v) is 25.2. The molecule has 49 heteroatoms. The largest absolute Gasteiger partial charge is 0.508 e. The average molecular weight is 2090 g/mol. The smallest absolute Gasteiger partial charge is 0.317 e. The molecule has 2 saturated heterocycles. The standard InChI is InChI=1S/C100H154N24O25/c1-3-4-28-72(91(139)118-74-38-40-82(129)107-42-21-20-30-71(90(104)138)115-94(142)76(51-65-53-110-70-29-19-18-27-68(65)70)120-98(146)89(69(41-43-109-100(105)106)64-25-22-24-62(2)49-64)122-84(131)56-113-97(145)79-31-23-45-124(79)99(74)147)116-95(143)77(54-111-85(132)57-123(58-87(134)135)59-88(136)137)121-93(141)75(50-63-33-35-67(126)36-34-63)119-92(140)73(37-39-80(103)127)117-96(144)78(60-125)114-83(130)55-112-86(133)61-149-48-47-148-46-44-108-81(128)32-17-15-13-11-9-7-5-6-8-10-12-14-16-26-66(102)52-101/h18-19,22,24-25,27,29,33-36,49,53,66,69,71-79,89,110,125-126H,3-17,20-21,23,26,28,30-32,37-48,50-52,54-61,101-102H2,1-2H3,(H2,103,127)(H2,104,138)(H,107,129)(H,108,128)(H,111,132)(H,112,133)(H,113,145)(H,114,130)(H,115,142)(H,116,143)(H,117,144)(H,118,139)(H,119,140)(H,120,146)(H,121,141)(H,122,131)(H,134,135)(H,136,137)(H4,105,106,109). The van der Waals surface area contributed by atoms with E-state index in [1.54, 1.807) is 68.6 Å². The second-order valence-corrected chi connectivity index (χ2v) is 37.4. The van der Waals surface area contributed by atoms with E-state index in [1.165, 1.54) is 75.6 Å². The Morgan fingerprint density at radius 2 is 1.21 bits per heavy atom. The number of aromatic amines is 1. The number of nitrogens with zero attached hydrogens (tertiary/aromatic N) is 2. The molecule has 2 fully saturated rings. The van der Waals surface area contributed by atoms with Gasteiger partial charge in [0.25, 0.3) is 0 Å². The summed E-state index contributed by atoms with van der Waals surface area (Å²) in [6, 6.07) is 2.51. The Bertz CT molecular complexity index is 5030. The van der Waals surface area contributed by atoms with Crippen LogP contribution in [0.5, 0.6) is 5.75 Å². The summed E-state index contributed by atoms with van der Waals surface area (Å²) in [5, 5.41) is 87.0. The zero-order valence-corrected chi connectivity index (χ0v) is 85.1. The van der Waals surface area contributed by atoms with Crippen LogP contribution in [0.1, 0.15) is 215 Å². The quantitative estimate of drug-likeness (QED) is 0.0120. The molecule has 12 atom stereocenters. The van der Waals surface area contributed by atoms with E-state index in [4.69, 9.17) is 43.6 Å². The van der Waals surface area contributed by atoms with Gasteiger partial charge in [-0.1, -0.05) is 157 Å². The molecule has 3 aromatic carbocycles. The number of fused-ring (bicyclic) bond motifs is 2. The maximum absolute atomic E-state index is 15.4. The number of carboxylic acid groups (broad SMARTS) is 2. The van der Waals surface area contributed by atoms with Gasteiger partial charge in [0.1, 0.15) is 72.8 Å². The molecule has 824 valence electrons. The van der Waals surface area contributed by atoms with Gasteiger partial charge in [-0.05, 0) is 112 Å². The summed E-state index contributed by atoms with van der Waals surface area (Å²) < 4.78 is 10.9. The van der Waals surface area contributed by atoms with Crippen molar-refractivity contribution in [3.8, 4) is 5.75 Å². The molecule has 12 unspecified atom stereocenters. The summed E-state index contributed by atoms with van der Waals surface area (Å²) in [7, 11) is 0. The molecule has 0 radical (unpaired) electrons. The van der Waals surface area contributed by atoms with Crippen LogP contribution in [0.25, 0.3) is 10.9 Å². The van der Waals surface area contributed by atoms with Gasteiger partial charge in [-0.2, -0.15) is 0 Å². The Kier molecular flexibility index (Phi) is 56.8. The van der Waals surface area contributed by atoms with Gasteiger partial charge in [0, 0.05) is 100 Å². The summed E-state index contributed by atoms with van der Waals surface area (Å²) in [5.41, 5.74) is 31.4. The molecule has 0 aliphatic carbocycles. The van der Waals surface area contributed by atoms with E-state index in [9.17, 15) is 87.5 Å². The van der Waals surface area contributed by atoms with Crippen LogP contribution in [-0.4, -0.2) is 325 Å². The lowest BCUT2D eigenvalue weighted by molar-refractivity contribution is -0.143. The summed E-state index contributed by atoms with van der Waals surface area (Å²) in [6.45, 7) is -2.87. The van der Waals surface area contributed by atoms with Gasteiger partial charge in [-0.3, -0.25) is 101 Å². The highest BCUT2D eigenvalue weighted by atomic mass is 16.5. The van der Waals surface area contributed by atoms with Gasteiger partial charge < -0.3 is 148 Å². The highest BCUT2D eigenvalue weighted by Crippen LogP contribution is 2.28. The van der Waals surface area contributed by atoms with E-state index < -0.39 is 263 Å². The van der Waals surface area contributed by atoms with Crippen LogP contribution in [0.4, 0.5) is 0 Å². The van der Waals surface area contributed by atoms with Crippen LogP contribution in [-0.2, 0) is 113 Å². The highest BCUT2D eigenvalue weighted by Gasteiger charge is 2.42. The molecule has 2 aliphatic rings. The molecule has 6 rings (SSSR count). The van der Waals surface area contributed by atoms with Crippen LogP contribution in [0.2, 0.25) is 0 Å². The molecule has 1 aromatic heterocycles. The fourth-order valence-electron chi connectivity index (χ4n) is 17.1. The SMILES string of the molecule is CCCCC(NC(=O)C(CNC(=O)CN(CC(=O)O)CC(=O)O)NC(=O)C(Cc1ccc(O)cc1)NC(=O)C(CCC(N)=O)NC(=O)C(CO)NC(=O)CNC(=O)COCCOCCNC(=O)CCCCCCCCCCCCCCCC(N)CN)C(=O)NC1CCC(=O)NCCCCC(C(N)=O)NC(=O)C(Cc2c[nH]c3ccccc23)NC(=O)C(C(CCNC(=N)N)c2cccc(C)c2)NC(=O)CNC(=O)C2CCCN2C1=O. The number of carbonyl (C=O) groups is 19. The Hall–Kier alpha value is -14.0. The van der Waals surface area contributed by atoms with Gasteiger partial charge in [0.05, 0.1) is 59.2 Å². The van der Waals surface area contributed by atoms with Crippen molar-refractivity contribution in [2.24, 2.45) is 28.7 Å². The number of unbranched alkanes of at least 4 members (excludes halogenated alkanes) is 13. The van der Waals surface area contributed by atoms with Crippen molar-refractivity contribution >= 4 is 129 Å². The van der Waals surface area contributed by atoms with Gasteiger partial charge in [0.2, 0.25) is 100 Å². The number of ether oxygens (including phenoxy) is 2. The normalized spacial score (nSPS) is 17.5. The number of aromatic hydroxyl groups is 1. The topological polar surface area (TPSA) is 780 Å². The van der Waals surface area contributed by atoms with Crippen LogP contribution in [0.3, 0.4) is 0 Å². The second kappa shape index (κ2) is 68.5. The zero-order valence-electron chi connectivity index (χ0n) is 85.1. The number of phenols is 1. The number of nitrogens with two attached hydrogens (primary N) is 5. The number of hydrogen-bond donors (Lipinski definition) is 26. The number of carbonyl (C=O) groups excluding carboxylic acids is 17. The number of para-hydroxylation sites is 1. The van der Waals surface area contributed by atoms with Crippen molar-refractivity contribution in [1.29, 1.82) is 5.41 Å². The van der Waals surface area contributed by atoms with Crippen LogP contribution in [0, 0.1) is 12.3 Å². The molecule has 0 bridgehead atoms. The summed E-state index contributed by atoms with van der Waals surface area (Å²) in [6.07, 6.45) is 15.6. The summed E-state index contributed by atoms with van der Waals surface area (Å²) >= 11 is 0.